The number of hydrogen-bond donors (Lipinski definition) is 1. The van der Waals surface area contributed by atoms with Gasteiger partial charge in [-0.2, -0.15) is 0 Å². The van der Waals surface area contributed by atoms with Crippen LogP contribution in [-0.4, -0.2) is 47.0 Å². The predicted molar refractivity (Wildman–Crippen MR) is 101 cm³/mol. The smallest absolute Gasteiger partial charge is 0.257 e. The molecule has 26 heavy (non-hydrogen) atoms. The molecule has 1 N–H and O–H groups in total. The molecule has 0 spiro atoms. The lowest BCUT2D eigenvalue weighted by Crippen LogP contribution is -2.41. The molecule has 0 saturated carbocycles. The maximum atomic E-state index is 12.7. The van der Waals surface area contributed by atoms with Crippen LogP contribution in [0.5, 0.6) is 5.75 Å². The van der Waals surface area contributed by atoms with Crippen LogP contribution in [0, 0.1) is 12.8 Å². The minimum absolute atomic E-state index is 0.00640. The number of nitrogens with one attached hydrogen (secondary N) is 1. The van der Waals surface area contributed by atoms with Crippen molar-refractivity contribution in [2.45, 2.75) is 26.7 Å². The lowest BCUT2D eigenvalue weighted by Gasteiger charge is -2.32. The second kappa shape index (κ2) is 8.65. The molecule has 138 valence electrons. The summed E-state index contributed by atoms with van der Waals surface area (Å²) >= 11 is 0. The number of ether oxygens (including phenoxy) is 1. The first-order valence-electron chi connectivity index (χ1n) is 9.20. The quantitative estimate of drug-likeness (QED) is 0.863. The Morgan fingerprint density at radius 2 is 2.00 bits per heavy atom. The fourth-order valence-electron chi connectivity index (χ4n) is 3.10. The average Bonchev–Trinajstić information content (AvgIpc) is 2.68. The second-order valence-electron chi connectivity index (χ2n) is 6.71. The molecule has 1 atom stereocenters. The van der Waals surface area contributed by atoms with Crippen LogP contribution in [0.2, 0.25) is 0 Å². The van der Waals surface area contributed by atoms with Crippen LogP contribution in [0.15, 0.2) is 36.7 Å². The summed E-state index contributed by atoms with van der Waals surface area (Å²) in [4.78, 5) is 23.0. The number of carbonyl (C=O) groups excluding carboxylic acids is 1. The Balaban J connectivity index is 1.55. The van der Waals surface area contributed by atoms with E-state index in [0.717, 1.165) is 31.7 Å². The zero-order valence-corrected chi connectivity index (χ0v) is 15.4. The Morgan fingerprint density at radius 1 is 1.27 bits per heavy atom. The van der Waals surface area contributed by atoms with Crippen molar-refractivity contribution in [2.75, 3.05) is 31.6 Å². The van der Waals surface area contributed by atoms with Crippen LogP contribution in [0.25, 0.3) is 0 Å². The van der Waals surface area contributed by atoms with Crippen LogP contribution in [-0.2, 0) is 0 Å². The Morgan fingerprint density at radius 3 is 2.69 bits per heavy atom. The van der Waals surface area contributed by atoms with E-state index in [-0.39, 0.29) is 5.91 Å². The molecular formula is C20H26N4O2. The van der Waals surface area contributed by atoms with Crippen molar-refractivity contribution in [3.05, 3.63) is 47.8 Å². The topological polar surface area (TPSA) is 67.4 Å². The van der Waals surface area contributed by atoms with Crippen LogP contribution in [0.4, 0.5) is 5.95 Å². The van der Waals surface area contributed by atoms with E-state index in [0.29, 0.717) is 30.6 Å². The van der Waals surface area contributed by atoms with Gasteiger partial charge in [-0.1, -0.05) is 17.7 Å². The summed E-state index contributed by atoms with van der Waals surface area (Å²) in [6.07, 6.45) is 5.26. The van der Waals surface area contributed by atoms with E-state index >= 15 is 0 Å². The maximum Gasteiger partial charge on any atom is 0.257 e. The number of aromatic nitrogens is 2. The third-order valence-electron chi connectivity index (χ3n) is 4.55. The Bertz CT molecular complexity index is 716. The summed E-state index contributed by atoms with van der Waals surface area (Å²) in [5.41, 5.74) is 1.75. The Kier molecular flexibility index (Phi) is 6.04. The van der Waals surface area contributed by atoms with Gasteiger partial charge < -0.3 is 15.0 Å². The molecule has 6 nitrogen and oxygen atoms in total. The summed E-state index contributed by atoms with van der Waals surface area (Å²) in [7, 11) is 0. The number of anilines is 1. The molecule has 1 aliphatic rings. The number of piperidine rings is 1. The molecule has 1 aromatic carbocycles. The third-order valence-corrected chi connectivity index (χ3v) is 4.55. The number of aryl methyl sites for hydroxylation is 1. The largest absolute Gasteiger partial charge is 0.493 e. The molecule has 1 amide bonds. The molecule has 0 unspecified atom stereocenters. The summed E-state index contributed by atoms with van der Waals surface area (Å²) in [5, 5.41) is 3.03. The first kappa shape index (κ1) is 18.2. The molecule has 0 radical (unpaired) electrons. The summed E-state index contributed by atoms with van der Waals surface area (Å²) in [6, 6.07) is 8.07. The molecule has 2 aromatic rings. The van der Waals surface area contributed by atoms with E-state index in [2.05, 4.69) is 22.2 Å². The molecular weight excluding hydrogens is 328 g/mol. The van der Waals surface area contributed by atoms with Crippen molar-refractivity contribution in [2.24, 2.45) is 5.92 Å². The van der Waals surface area contributed by atoms with Crippen molar-refractivity contribution in [1.82, 2.24) is 14.9 Å². The van der Waals surface area contributed by atoms with Gasteiger partial charge in [0.1, 0.15) is 5.75 Å². The van der Waals surface area contributed by atoms with Gasteiger partial charge in [-0.3, -0.25) is 4.79 Å². The van der Waals surface area contributed by atoms with Crippen molar-refractivity contribution in [3.63, 3.8) is 0 Å². The monoisotopic (exact) mass is 354 g/mol. The van der Waals surface area contributed by atoms with Gasteiger partial charge in [-0.25, -0.2) is 9.97 Å². The van der Waals surface area contributed by atoms with Gasteiger partial charge in [0.2, 0.25) is 5.95 Å². The molecule has 6 heteroatoms. The fourth-order valence-corrected chi connectivity index (χ4v) is 3.10. The molecule has 0 aliphatic carbocycles. The van der Waals surface area contributed by atoms with Crippen LogP contribution in [0.3, 0.4) is 0 Å². The van der Waals surface area contributed by atoms with Gasteiger partial charge in [0, 0.05) is 37.9 Å². The first-order valence-corrected chi connectivity index (χ1v) is 9.20. The molecule has 2 heterocycles. The van der Waals surface area contributed by atoms with Gasteiger partial charge in [0.25, 0.3) is 5.91 Å². The van der Waals surface area contributed by atoms with E-state index < -0.39 is 0 Å². The number of nitrogens with zero attached hydrogens (tertiary/aromatic N) is 3. The second-order valence-corrected chi connectivity index (χ2v) is 6.71. The Labute approximate surface area is 154 Å². The van der Waals surface area contributed by atoms with Crippen LogP contribution >= 0.6 is 0 Å². The number of hydrogen-bond acceptors (Lipinski definition) is 5. The van der Waals surface area contributed by atoms with Crippen molar-refractivity contribution in [1.29, 1.82) is 0 Å². The van der Waals surface area contributed by atoms with E-state index in [1.165, 1.54) is 5.56 Å². The molecule has 1 aromatic heterocycles. The number of likely N-dealkylation sites (tertiary alicyclic amines) is 1. The van der Waals surface area contributed by atoms with Crippen molar-refractivity contribution in [3.8, 4) is 5.75 Å². The lowest BCUT2D eigenvalue weighted by atomic mass is 9.98. The van der Waals surface area contributed by atoms with Gasteiger partial charge in [-0.05, 0) is 38.8 Å². The predicted octanol–water partition coefficient (Wildman–Crippen LogP) is 3.15. The third kappa shape index (κ3) is 4.71. The molecule has 3 rings (SSSR count). The van der Waals surface area contributed by atoms with Gasteiger partial charge in [0.15, 0.2) is 0 Å². The number of amides is 1. The van der Waals surface area contributed by atoms with Gasteiger partial charge in [-0.15, -0.1) is 0 Å². The number of carbonyl (C=O) groups is 1. The molecule has 1 aliphatic heterocycles. The van der Waals surface area contributed by atoms with E-state index in [1.54, 1.807) is 12.4 Å². The Hall–Kier alpha value is -2.63. The molecule has 1 fully saturated rings. The molecule has 1 saturated heterocycles. The maximum absolute atomic E-state index is 12.7. The highest BCUT2D eigenvalue weighted by molar-refractivity contribution is 5.93. The van der Waals surface area contributed by atoms with Gasteiger partial charge in [0.05, 0.1) is 12.2 Å². The van der Waals surface area contributed by atoms with Gasteiger partial charge >= 0.3 is 0 Å². The van der Waals surface area contributed by atoms with Crippen LogP contribution < -0.4 is 10.1 Å². The fraction of sp³-hybridized carbons (Fsp3) is 0.450. The highest BCUT2D eigenvalue weighted by Crippen LogP contribution is 2.20. The summed E-state index contributed by atoms with van der Waals surface area (Å²) < 4.78 is 5.91. The normalized spacial score (nSPS) is 17.0. The molecule has 0 bridgehead atoms. The average molecular weight is 354 g/mol. The van der Waals surface area contributed by atoms with E-state index in [4.69, 9.17) is 4.74 Å². The lowest BCUT2D eigenvalue weighted by molar-refractivity contribution is 0.0632. The SMILES string of the molecule is CCNc1ncc(C(=O)N2CCC[C@@H](COc3ccc(C)cc3)C2)cn1. The number of benzene rings is 1. The minimum Gasteiger partial charge on any atom is -0.493 e. The highest BCUT2D eigenvalue weighted by atomic mass is 16.5. The number of rotatable bonds is 6. The summed E-state index contributed by atoms with van der Waals surface area (Å²) in [5.74, 6) is 1.77. The van der Waals surface area contributed by atoms with E-state index in [9.17, 15) is 4.79 Å². The zero-order valence-electron chi connectivity index (χ0n) is 15.4. The summed E-state index contributed by atoms with van der Waals surface area (Å²) in [6.45, 7) is 6.90. The highest BCUT2D eigenvalue weighted by Gasteiger charge is 2.25. The van der Waals surface area contributed by atoms with Crippen molar-refractivity contribution >= 4 is 11.9 Å². The van der Waals surface area contributed by atoms with E-state index in [1.807, 2.05) is 36.1 Å². The minimum atomic E-state index is -0.00640. The van der Waals surface area contributed by atoms with Crippen LogP contribution in [0.1, 0.15) is 35.7 Å². The zero-order chi connectivity index (χ0) is 18.4. The first-order chi connectivity index (χ1) is 12.7. The van der Waals surface area contributed by atoms with Crippen molar-refractivity contribution < 1.29 is 9.53 Å². The standard InChI is InChI=1S/C20H26N4O2/c1-3-21-20-22-11-17(12-23-20)19(25)24-10-4-5-16(13-24)14-26-18-8-6-15(2)7-9-18/h6-9,11-12,16H,3-5,10,13-14H2,1-2H3,(H,21,22,23)/t16-/m1/s1.